The number of halogens is 2. The molecular weight excluding hydrogens is 344 g/mol. The summed E-state index contributed by atoms with van der Waals surface area (Å²) < 4.78 is 27.2. The second-order valence-electron chi connectivity index (χ2n) is 5.82. The van der Waals surface area contributed by atoms with Crippen LogP contribution < -0.4 is 10.2 Å². The second kappa shape index (κ2) is 6.62. The van der Waals surface area contributed by atoms with Gasteiger partial charge in [0, 0.05) is 32.1 Å². The van der Waals surface area contributed by atoms with Crippen LogP contribution in [-0.4, -0.2) is 50.1 Å². The zero-order valence-corrected chi connectivity index (χ0v) is 13.6. The van der Waals surface area contributed by atoms with Crippen molar-refractivity contribution in [3.63, 3.8) is 0 Å². The number of carbonyl (C=O) groups is 1. The molecule has 1 amide bonds. The van der Waals surface area contributed by atoms with Crippen molar-refractivity contribution in [2.75, 3.05) is 24.5 Å². The molecule has 3 aromatic heterocycles. The fourth-order valence-electron chi connectivity index (χ4n) is 2.83. The van der Waals surface area contributed by atoms with Crippen molar-refractivity contribution in [2.24, 2.45) is 0 Å². The minimum absolute atomic E-state index is 0.00675. The first kappa shape index (κ1) is 16.3. The fraction of sp³-hybridized carbons (Fsp3) is 0.312. The highest BCUT2D eigenvalue weighted by molar-refractivity contribution is 5.77. The molecule has 0 atom stereocenters. The lowest BCUT2D eigenvalue weighted by atomic mass is 10.3. The molecule has 1 N–H and O–H groups in total. The SMILES string of the molecule is O=C1CCN(c2cc(-c3cnc4ccc(C(F)F)nn34)ncn2)CCN1. The number of fused-ring (bicyclic) bond motifs is 1. The van der Waals surface area contributed by atoms with Crippen LogP contribution in [0.2, 0.25) is 0 Å². The molecule has 4 rings (SSSR count). The number of rotatable bonds is 3. The molecule has 8 nitrogen and oxygen atoms in total. The summed E-state index contributed by atoms with van der Waals surface area (Å²) in [6.07, 6.45) is 0.657. The van der Waals surface area contributed by atoms with E-state index in [2.05, 4.69) is 25.4 Å². The summed E-state index contributed by atoms with van der Waals surface area (Å²) in [5.74, 6) is 0.666. The molecule has 0 bridgehead atoms. The van der Waals surface area contributed by atoms with Gasteiger partial charge in [0.1, 0.15) is 23.5 Å². The van der Waals surface area contributed by atoms with E-state index in [1.165, 1.54) is 29.2 Å². The third kappa shape index (κ3) is 3.05. The molecule has 0 saturated carbocycles. The number of amides is 1. The Kier molecular flexibility index (Phi) is 4.15. The van der Waals surface area contributed by atoms with Gasteiger partial charge in [0.2, 0.25) is 5.91 Å². The van der Waals surface area contributed by atoms with Gasteiger partial charge in [0.15, 0.2) is 5.65 Å². The van der Waals surface area contributed by atoms with Gasteiger partial charge >= 0.3 is 0 Å². The first-order chi connectivity index (χ1) is 12.6. The maximum atomic E-state index is 13.0. The molecule has 134 valence electrons. The van der Waals surface area contributed by atoms with Gasteiger partial charge in [-0.05, 0) is 12.1 Å². The monoisotopic (exact) mass is 359 g/mol. The molecule has 0 spiro atoms. The predicted molar refractivity (Wildman–Crippen MR) is 88.8 cm³/mol. The Balaban J connectivity index is 1.71. The zero-order valence-electron chi connectivity index (χ0n) is 13.6. The Hall–Kier alpha value is -3.17. The van der Waals surface area contributed by atoms with Crippen molar-refractivity contribution in [1.82, 2.24) is 29.9 Å². The number of hydrogen-bond acceptors (Lipinski definition) is 6. The van der Waals surface area contributed by atoms with Crippen molar-refractivity contribution in [1.29, 1.82) is 0 Å². The molecule has 4 heterocycles. The van der Waals surface area contributed by atoms with Gasteiger partial charge in [-0.15, -0.1) is 0 Å². The molecule has 0 aliphatic carbocycles. The summed E-state index contributed by atoms with van der Waals surface area (Å²) in [4.78, 5) is 26.2. The normalized spacial score (nSPS) is 15.3. The van der Waals surface area contributed by atoms with Crippen LogP contribution in [0.25, 0.3) is 17.0 Å². The molecule has 1 fully saturated rings. The lowest BCUT2D eigenvalue weighted by Crippen LogP contribution is -2.29. The lowest BCUT2D eigenvalue weighted by molar-refractivity contribution is -0.120. The van der Waals surface area contributed by atoms with Gasteiger partial charge < -0.3 is 10.2 Å². The highest BCUT2D eigenvalue weighted by Crippen LogP contribution is 2.23. The second-order valence-corrected chi connectivity index (χ2v) is 5.82. The molecule has 0 unspecified atom stereocenters. The highest BCUT2D eigenvalue weighted by atomic mass is 19.3. The summed E-state index contributed by atoms with van der Waals surface area (Å²) in [6, 6.07) is 4.49. The quantitative estimate of drug-likeness (QED) is 0.762. The Morgan fingerprint density at radius 3 is 2.88 bits per heavy atom. The van der Waals surface area contributed by atoms with E-state index in [1.807, 2.05) is 4.90 Å². The maximum Gasteiger partial charge on any atom is 0.282 e. The molecule has 26 heavy (non-hydrogen) atoms. The standard InChI is InChI=1S/C16H15F2N7O/c17-16(18)10-1-2-13-20-8-12(25(13)23-10)11-7-14(22-9-21-11)24-5-3-15(26)19-4-6-24/h1-2,7-9,16H,3-6H2,(H,19,26). The number of imidazole rings is 1. The summed E-state index contributed by atoms with van der Waals surface area (Å²) in [6.45, 7) is 1.71. The summed E-state index contributed by atoms with van der Waals surface area (Å²) in [7, 11) is 0. The van der Waals surface area contributed by atoms with Gasteiger partial charge in [-0.3, -0.25) is 4.79 Å². The van der Waals surface area contributed by atoms with Crippen LogP contribution in [0.1, 0.15) is 18.5 Å². The van der Waals surface area contributed by atoms with Crippen molar-refractivity contribution in [3.05, 3.63) is 36.4 Å². The largest absolute Gasteiger partial charge is 0.354 e. The van der Waals surface area contributed by atoms with Crippen LogP contribution in [0.3, 0.4) is 0 Å². The van der Waals surface area contributed by atoms with Crippen LogP contribution >= 0.6 is 0 Å². The van der Waals surface area contributed by atoms with Crippen LogP contribution in [0.4, 0.5) is 14.6 Å². The Labute approximate surface area is 146 Å². The third-order valence-corrected chi connectivity index (χ3v) is 4.16. The van der Waals surface area contributed by atoms with Gasteiger partial charge in [-0.2, -0.15) is 5.10 Å². The number of aromatic nitrogens is 5. The number of anilines is 1. The first-order valence-electron chi connectivity index (χ1n) is 8.09. The van der Waals surface area contributed by atoms with Crippen LogP contribution in [-0.2, 0) is 4.79 Å². The molecule has 0 radical (unpaired) electrons. The molecule has 1 aliphatic heterocycles. The van der Waals surface area contributed by atoms with Gasteiger partial charge in [-0.1, -0.05) is 0 Å². The van der Waals surface area contributed by atoms with E-state index >= 15 is 0 Å². The van der Waals surface area contributed by atoms with Crippen molar-refractivity contribution >= 4 is 17.4 Å². The molecule has 0 aromatic carbocycles. The lowest BCUT2D eigenvalue weighted by Gasteiger charge is -2.20. The minimum atomic E-state index is -2.67. The van der Waals surface area contributed by atoms with Crippen LogP contribution in [0.5, 0.6) is 0 Å². The average molecular weight is 359 g/mol. The van der Waals surface area contributed by atoms with E-state index in [1.54, 1.807) is 6.07 Å². The Morgan fingerprint density at radius 2 is 2.04 bits per heavy atom. The molecule has 1 saturated heterocycles. The van der Waals surface area contributed by atoms with Gasteiger partial charge in [0.05, 0.1) is 11.9 Å². The van der Waals surface area contributed by atoms with E-state index in [9.17, 15) is 13.6 Å². The van der Waals surface area contributed by atoms with Crippen LogP contribution in [0, 0.1) is 0 Å². The fourth-order valence-corrected chi connectivity index (χ4v) is 2.83. The van der Waals surface area contributed by atoms with E-state index < -0.39 is 6.43 Å². The first-order valence-corrected chi connectivity index (χ1v) is 8.09. The van der Waals surface area contributed by atoms with E-state index in [0.717, 1.165) is 0 Å². The average Bonchev–Trinajstić information content (AvgIpc) is 2.95. The van der Waals surface area contributed by atoms with Crippen LogP contribution in [0.15, 0.2) is 30.7 Å². The van der Waals surface area contributed by atoms with Crippen molar-refractivity contribution in [3.8, 4) is 11.4 Å². The number of nitrogens with zero attached hydrogens (tertiary/aromatic N) is 6. The van der Waals surface area contributed by atoms with Gasteiger partial charge in [0.25, 0.3) is 6.43 Å². The molecule has 1 aliphatic rings. The third-order valence-electron chi connectivity index (χ3n) is 4.16. The Bertz CT molecular complexity index is 959. The number of carbonyl (C=O) groups excluding carboxylic acids is 1. The summed E-state index contributed by atoms with van der Waals surface area (Å²) in [5.41, 5.74) is 1.14. The van der Waals surface area contributed by atoms with Crippen molar-refractivity contribution in [2.45, 2.75) is 12.8 Å². The van der Waals surface area contributed by atoms with Gasteiger partial charge in [-0.25, -0.2) is 28.2 Å². The number of nitrogens with one attached hydrogen (secondary N) is 1. The number of alkyl halides is 2. The van der Waals surface area contributed by atoms with E-state index in [-0.39, 0.29) is 11.6 Å². The highest BCUT2D eigenvalue weighted by Gasteiger charge is 2.18. The molecular formula is C16H15F2N7O. The predicted octanol–water partition coefficient (Wildman–Crippen LogP) is 1.45. The topological polar surface area (TPSA) is 88.3 Å². The summed E-state index contributed by atoms with van der Waals surface area (Å²) in [5, 5.41) is 6.76. The Morgan fingerprint density at radius 1 is 1.15 bits per heavy atom. The minimum Gasteiger partial charge on any atom is -0.354 e. The molecule has 3 aromatic rings. The van der Waals surface area contributed by atoms with Crippen molar-refractivity contribution < 1.29 is 13.6 Å². The zero-order chi connectivity index (χ0) is 18.1. The maximum absolute atomic E-state index is 13.0. The summed E-state index contributed by atoms with van der Waals surface area (Å²) >= 11 is 0. The molecule has 10 heteroatoms. The van der Waals surface area contributed by atoms with E-state index in [0.29, 0.717) is 48.9 Å². The smallest absolute Gasteiger partial charge is 0.282 e. The van der Waals surface area contributed by atoms with E-state index in [4.69, 9.17) is 0 Å². The number of hydrogen-bond donors (Lipinski definition) is 1.